The number of likely N-dealkylation sites (tertiary alicyclic amines) is 1. The zero-order valence-corrected chi connectivity index (χ0v) is 11.7. The maximum atomic E-state index is 12.4. The van der Waals surface area contributed by atoms with Crippen molar-refractivity contribution in [3.05, 3.63) is 0 Å². The molecule has 2 aliphatic heterocycles. The maximum Gasteiger partial charge on any atom is 0.320 e. The number of amides is 3. The van der Waals surface area contributed by atoms with E-state index < -0.39 is 12.0 Å². The van der Waals surface area contributed by atoms with Gasteiger partial charge in [-0.15, -0.1) is 0 Å². The SMILES string of the molecule is CC1C(=O)NCCN1C(=O)N1CCC(CC(=O)O)CC1. The zero-order valence-electron chi connectivity index (χ0n) is 11.7. The lowest BCUT2D eigenvalue weighted by atomic mass is 9.94. The molecule has 0 aromatic rings. The van der Waals surface area contributed by atoms with Crippen LogP contribution in [0.3, 0.4) is 0 Å². The van der Waals surface area contributed by atoms with Crippen LogP contribution in [0.25, 0.3) is 0 Å². The standard InChI is InChI=1S/C13H21N3O4/c1-9-12(19)14-4-7-16(9)13(20)15-5-2-10(3-6-15)8-11(17)18/h9-10H,2-8H2,1H3,(H,14,19)(H,17,18). The molecule has 2 fully saturated rings. The normalized spacial score (nSPS) is 24.4. The summed E-state index contributed by atoms with van der Waals surface area (Å²) in [6.45, 7) is 3.89. The number of carbonyl (C=O) groups excluding carboxylic acids is 2. The average Bonchev–Trinajstić information content (AvgIpc) is 2.41. The van der Waals surface area contributed by atoms with E-state index in [4.69, 9.17) is 5.11 Å². The van der Waals surface area contributed by atoms with E-state index in [9.17, 15) is 14.4 Å². The molecule has 112 valence electrons. The van der Waals surface area contributed by atoms with Crippen molar-refractivity contribution in [3.8, 4) is 0 Å². The summed E-state index contributed by atoms with van der Waals surface area (Å²) in [6, 6.07) is -0.547. The molecule has 0 aromatic carbocycles. The Bertz CT molecular complexity index is 404. The highest BCUT2D eigenvalue weighted by atomic mass is 16.4. The van der Waals surface area contributed by atoms with Crippen molar-refractivity contribution in [2.75, 3.05) is 26.2 Å². The molecule has 2 aliphatic rings. The monoisotopic (exact) mass is 283 g/mol. The van der Waals surface area contributed by atoms with Crippen molar-refractivity contribution in [2.24, 2.45) is 5.92 Å². The van der Waals surface area contributed by atoms with Crippen LogP contribution in [0, 0.1) is 5.92 Å². The Morgan fingerprint density at radius 1 is 1.30 bits per heavy atom. The van der Waals surface area contributed by atoms with Gasteiger partial charge in [-0.05, 0) is 25.7 Å². The van der Waals surface area contributed by atoms with Gasteiger partial charge in [0.1, 0.15) is 6.04 Å². The third-order valence-electron chi connectivity index (χ3n) is 4.09. The summed E-state index contributed by atoms with van der Waals surface area (Å²) in [5, 5.41) is 11.5. The summed E-state index contributed by atoms with van der Waals surface area (Å²) in [4.78, 5) is 38.0. The van der Waals surface area contributed by atoms with Crippen molar-refractivity contribution < 1.29 is 19.5 Å². The largest absolute Gasteiger partial charge is 0.481 e. The molecule has 0 saturated carbocycles. The van der Waals surface area contributed by atoms with E-state index >= 15 is 0 Å². The van der Waals surface area contributed by atoms with Gasteiger partial charge in [-0.1, -0.05) is 0 Å². The Kier molecular flexibility index (Phi) is 4.46. The first-order chi connectivity index (χ1) is 9.49. The minimum absolute atomic E-state index is 0.110. The first kappa shape index (κ1) is 14.6. The number of piperazine rings is 1. The molecule has 0 bridgehead atoms. The molecule has 1 atom stereocenters. The number of nitrogens with one attached hydrogen (secondary N) is 1. The van der Waals surface area contributed by atoms with Gasteiger partial charge in [-0.25, -0.2) is 4.79 Å². The second kappa shape index (κ2) is 6.11. The number of hydrogen-bond donors (Lipinski definition) is 2. The maximum absolute atomic E-state index is 12.4. The Morgan fingerprint density at radius 2 is 1.95 bits per heavy atom. The van der Waals surface area contributed by atoms with Gasteiger partial charge in [0.05, 0.1) is 0 Å². The van der Waals surface area contributed by atoms with Crippen LogP contribution in [0.4, 0.5) is 4.79 Å². The second-order valence-electron chi connectivity index (χ2n) is 5.47. The van der Waals surface area contributed by atoms with Crippen LogP contribution in [-0.4, -0.2) is 65.0 Å². The van der Waals surface area contributed by atoms with E-state index in [-0.39, 0.29) is 24.3 Å². The van der Waals surface area contributed by atoms with E-state index in [1.807, 2.05) is 0 Å². The third-order valence-corrected chi connectivity index (χ3v) is 4.09. The molecule has 2 N–H and O–H groups in total. The third kappa shape index (κ3) is 3.20. The van der Waals surface area contributed by atoms with Gasteiger partial charge < -0.3 is 20.2 Å². The van der Waals surface area contributed by atoms with Crippen molar-refractivity contribution >= 4 is 17.9 Å². The summed E-state index contributed by atoms with van der Waals surface area (Å²) in [6.07, 6.45) is 1.60. The van der Waals surface area contributed by atoms with Crippen LogP contribution in [0.15, 0.2) is 0 Å². The molecule has 3 amide bonds. The van der Waals surface area contributed by atoms with Crippen LogP contribution in [0.1, 0.15) is 26.2 Å². The number of carboxylic acids is 1. The Balaban J connectivity index is 1.88. The van der Waals surface area contributed by atoms with Gasteiger partial charge in [0.15, 0.2) is 0 Å². The van der Waals surface area contributed by atoms with E-state index in [1.54, 1.807) is 16.7 Å². The number of rotatable bonds is 2. The molecule has 0 aliphatic carbocycles. The molecule has 0 radical (unpaired) electrons. The summed E-state index contributed by atoms with van der Waals surface area (Å²) in [5.41, 5.74) is 0. The fourth-order valence-electron chi connectivity index (χ4n) is 2.80. The Hall–Kier alpha value is -1.79. The lowest BCUT2D eigenvalue weighted by molar-refractivity contribution is -0.138. The lowest BCUT2D eigenvalue weighted by Gasteiger charge is -2.39. The highest BCUT2D eigenvalue weighted by Crippen LogP contribution is 2.22. The quantitative estimate of drug-likeness (QED) is 0.753. The smallest absolute Gasteiger partial charge is 0.320 e. The molecule has 7 heteroatoms. The minimum atomic E-state index is -0.781. The van der Waals surface area contributed by atoms with E-state index in [1.165, 1.54) is 0 Å². The van der Waals surface area contributed by atoms with E-state index in [0.717, 1.165) is 0 Å². The molecular formula is C13H21N3O4. The van der Waals surface area contributed by atoms with Crippen molar-refractivity contribution in [1.82, 2.24) is 15.1 Å². The lowest BCUT2D eigenvalue weighted by Crippen LogP contribution is -2.59. The van der Waals surface area contributed by atoms with Gasteiger partial charge >= 0.3 is 12.0 Å². The first-order valence-corrected chi connectivity index (χ1v) is 7.04. The summed E-state index contributed by atoms with van der Waals surface area (Å²) >= 11 is 0. The minimum Gasteiger partial charge on any atom is -0.481 e. The number of hydrogen-bond acceptors (Lipinski definition) is 3. The first-order valence-electron chi connectivity index (χ1n) is 7.04. The van der Waals surface area contributed by atoms with E-state index in [0.29, 0.717) is 39.0 Å². The van der Waals surface area contributed by atoms with Gasteiger partial charge in [-0.2, -0.15) is 0 Å². The molecule has 2 saturated heterocycles. The number of urea groups is 1. The topological polar surface area (TPSA) is 90.0 Å². The molecule has 2 rings (SSSR count). The molecule has 1 unspecified atom stereocenters. The fourth-order valence-corrected chi connectivity index (χ4v) is 2.80. The van der Waals surface area contributed by atoms with Crippen LogP contribution in [-0.2, 0) is 9.59 Å². The fraction of sp³-hybridized carbons (Fsp3) is 0.769. The number of nitrogens with zero attached hydrogens (tertiary/aromatic N) is 2. The molecule has 2 heterocycles. The van der Waals surface area contributed by atoms with Crippen molar-refractivity contribution in [2.45, 2.75) is 32.2 Å². The second-order valence-corrected chi connectivity index (χ2v) is 5.47. The molecule has 0 aromatic heterocycles. The number of piperidine rings is 1. The molecule has 20 heavy (non-hydrogen) atoms. The Morgan fingerprint density at radius 3 is 2.55 bits per heavy atom. The molecule has 7 nitrogen and oxygen atoms in total. The summed E-state index contributed by atoms with van der Waals surface area (Å²) < 4.78 is 0. The highest BCUT2D eigenvalue weighted by Gasteiger charge is 2.33. The number of carbonyl (C=O) groups is 3. The van der Waals surface area contributed by atoms with Crippen LogP contribution in [0.5, 0.6) is 0 Å². The van der Waals surface area contributed by atoms with Crippen molar-refractivity contribution in [3.63, 3.8) is 0 Å². The predicted octanol–water partition coefficient (Wildman–Crippen LogP) is 0.113. The summed E-state index contributed by atoms with van der Waals surface area (Å²) in [5.74, 6) is -0.750. The Labute approximate surface area is 117 Å². The number of carboxylic acid groups (broad SMARTS) is 1. The zero-order chi connectivity index (χ0) is 14.7. The van der Waals surface area contributed by atoms with Gasteiger partial charge in [0.25, 0.3) is 0 Å². The van der Waals surface area contributed by atoms with Gasteiger partial charge in [0.2, 0.25) is 5.91 Å². The highest BCUT2D eigenvalue weighted by molar-refractivity contribution is 5.87. The molecule has 0 spiro atoms. The van der Waals surface area contributed by atoms with E-state index in [2.05, 4.69) is 5.32 Å². The van der Waals surface area contributed by atoms with Crippen LogP contribution in [0.2, 0.25) is 0 Å². The van der Waals surface area contributed by atoms with Crippen LogP contribution < -0.4 is 5.32 Å². The number of aliphatic carboxylic acids is 1. The molecular weight excluding hydrogens is 262 g/mol. The van der Waals surface area contributed by atoms with Crippen LogP contribution >= 0.6 is 0 Å². The van der Waals surface area contributed by atoms with Crippen molar-refractivity contribution in [1.29, 1.82) is 0 Å². The summed E-state index contributed by atoms with van der Waals surface area (Å²) in [7, 11) is 0. The van der Waals surface area contributed by atoms with Gasteiger partial charge in [-0.3, -0.25) is 9.59 Å². The van der Waals surface area contributed by atoms with Gasteiger partial charge in [0, 0.05) is 32.6 Å². The predicted molar refractivity (Wildman–Crippen MR) is 71.1 cm³/mol. The average molecular weight is 283 g/mol.